The molecule has 1 aromatic rings. The molecule has 0 radical (unpaired) electrons. The van der Waals surface area contributed by atoms with Crippen molar-refractivity contribution in [1.29, 1.82) is 0 Å². The minimum atomic E-state index is -0.00948. The quantitative estimate of drug-likeness (QED) is 0.856. The molecule has 1 amide bonds. The maximum atomic E-state index is 12.1. The first-order chi connectivity index (χ1) is 9.66. The first-order valence-corrected chi connectivity index (χ1v) is 7.39. The highest BCUT2D eigenvalue weighted by Gasteiger charge is 2.20. The fraction of sp³-hybridized carbons (Fsp3) is 0.562. The summed E-state index contributed by atoms with van der Waals surface area (Å²) >= 11 is 0. The maximum Gasteiger partial charge on any atom is 0.237 e. The molecule has 2 N–H and O–H groups in total. The van der Waals surface area contributed by atoms with Gasteiger partial charge in [-0.25, -0.2) is 0 Å². The van der Waals surface area contributed by atoms with Crippen molar-refractivity contribution in [3.63, 3.8) is 0 Å². The molecular weight excluding hydrogens is 250 g/mol. The number of amides is 1. The highest BCUT2D eigenvalue weighted by Crippen LogP contribution is 2.11. The lowest BCUT2D eigenvalue weighted by Crippen LogP contribution is -2.46. The van der Waals surface area contributed by atoms with Crippen LogP contribution < -0.4 is 10.6 Å². The predicted molar refractivity (Wildman–Crippen MR) is 81.3 cm³/mol. The minimum Gasteiger partial charge on any atom is -0.351 e. The summed E-state index contributed by atoms with van der Waals surface area (Å²) in [5.41, 5.74) is 2.47. The number of nitrogens with one attached hydrogen (secondary N) is 2. The molecule has 1 saturated heterocycles. The Morgan fingerprint density at radius 2 is 2.05 bits per heavy atom. The van der Waals surface area contributed by atoms with Gasteiger partial charge in [-0.2, -0.15) is 0 Å². The standard InChI is InChI=1S/C16H25N3O/c1-19(2)12-14-8-4-3-7-13(14)11-18-16(20)15-9-5-6-10-17-15/h3-4,7-8,15,17H,5-6,9-12H2,1-2H3,(H,18,20)/t15-/m0/s1. The Kier molecular flexibility index (Phi) is 5.56. The molecule has 4 nitrogen and oxygen atoms in total. The van der Waals surface area contributed by atoms with Crippen LogP contribution in [-0.4, -0.2) is 37.5 Å². The molecule has 0 unspecified atom stereocenters. The van der Waals surface area contributed by atoms with Crippen molar-refractivity contribution in [3.05, 3.63) is 35.4 Å². The van der Waals surface area contributed by atoms with E-state index < -0.39 is 0 Å². The molecule has 1 aromatic carbocycles. The molecule has 0 spiro atoms. The number of hydrogen-bond donors (Lipinski definition) is 2. The number of carbonyl (C=O) groups excluding carboxylic acids is 1. The average Bonchev–Trinajstić information content (AvgIpc) is 2.46. The molecule has 0 bridgehead atoms. The van der Waals surface area contributed by atoms with Crippen LogP contribution in [0, 0.1) is 0 Å². The van der Waals surface area contributed by atoms with Crippen molar-refractivity contribution < 1.29 is 4.79 Å². The number of piperidine rings is 1. The van der Waals surface area contributed by atoms with Crippen LogP contribution >= 0.6 is 0 Å². The second-order valence-electron chi connectivity index (χ2n) is 5.73. The van der Waals surface area contributed by atoms with Gasteiger partial charge in [0.25, 0.3) is 0 Å². The van der Waals surface area contributed by atoms with Crippen molar-refractivity contribution in [3.8, 4) is 0 Å². The molecule has 1 atom stereocenters. The Bertz CT molecular complexity index is 439. The highest BCUT2D eigenvalue weighted by atomic mass is 16.2. The lowest BCUT2D eigenvalue weighted by molar-refractivity contribution is -0.123. The number of carbonyl (C=O) groups is 1. The second-order valence-corrected chi connectivity index (χ2v) is 5.73. The zero-order valence-electron chi connectivity index (χ0n) is 12.5. The van der Waals surface area contributed by atoms with E-state index in [1.807, 2.05) is 12.1 Å². The second kappa shape index (κ2) is 7.41. The topological polar surface area (TPSA) is 44.4 Å². The van der Waals surface area contributed by atoms with Gasteiger partial charge in [0.1, 0.15) is 0 Å². The van der Waals surface area contributed by atoms with Gasteiger partial charge in [0.05, 0.1) is 6.04 Å². The van der Waals surface area contributed by atoms with E-state index in [1.165, 1.54) is 17.5 Å². The highest BCUT2D eigenvalue weighted by molar-refractivity contribution is 5.81. The van der Waals surface area contributed by atoms with E-state index in [0.29, 0.717) is 6.54 Å². The largest absolute Gasteiger partial charge is 0.351 e. The molecule has 0 saturated carbocycles. The molecule has 2 rings (SSSR count). The summed E-state index contributed by atoms with van der Waals surface area (Å²) < 4.78 is 0. The molecule has 1 fully saturated rings. The van der Waals surface area contributed by atoms with E-state index in [9.17, 15) is 4.79 Å². The SMILES string of the molecule is CN(C)Cc1ccccc1CNC(=O)[C@@H]1CCCCN1. The van der Waals surface area contributed by atoms with Crippen LogP contribution in [0.5, 0.6) is 0 Å². The van der Waals surface area contributed by atoms with Crippen molar-refractivity contribution in [2.75, 3.05) is 20.6 Å². The van der Waals surface area contributed by atoms with Gasteiger partial charge in [-0.1, -0.05) is 30.7 Å². The third-order valence-electron chi connectivity index (χ3n) is 3.68. The number of rotatable bonds is 5. The summed E-state index contributed by atoms with van der Waals surface area (Å²) in [5, 5.41) is 6.34. The molecule has 0 aliphatic carbocycles. The van der Waals surface area contributed by atoms with Crippen molar-refractivity contribution in [2.24, 2.45) is 0 Å². The molecule has 20 heavy (non-hydrogen) atoms. The van der Waals surface area contributed by atoms with Crippen LogP contribution in [0.3, 0.4) is 0 Å². The Morgan fingerprint density at radius 3 is 2.70 bits per heavy atom. The maximum absolute atomic E-state index is 12.1. The van der Waals surface area contributed by atoms with Gasteiger partial charge in [-0.3, -0.25) is 4.79 Å². The van der Waals surface area contributed by atoms with Gasteiger partial charge in [0.2, 0.25) is 5.91 Å². The van der Waals surface area contributed by atoms with E-state index in [4.69, 9.17) is 0 Å². The molecule has 0 aromatic heterocycles. The molecule has 1 aliphatic rings. The smallest absolute Gasteiger partial charge is 0.237 e. The monoisotopic (exact) mass is 275 g/mol. The Labute approximate surface area is 121 Å². The van der Waals surface area contributed by atoms with Crippen LogP contribution in [-0.2, 0) is 17.9 Å². The van der Waals surface area contributed by atoms with Crippen LogP contribution in [0.25, 0.3) is 0 Å². The van der Waals surface area contributed by atoms with Crippen LogP contribution in [0.1, 0.15) is 30.4 Å². The lowest BCUT2D eigenvalue weighted by Gasteiger charge is -2.23. The first-order valence-electron chi connectivity index (χ1n) is 7.39. The lowest BCUT2D eigenvalue weighted by atomic mass is 10.0. The van der Waals surface area contributed by atoms with Gasteiger partial charge in [-0.15, -0.1) is 0 Å². The van der Waals surface area contributed by atoms with E-state index in [1.54, 1.807) is 0 Å². The number of benzene rings is 1. The summed E-state index contributed by atoms with van der Waals surface area (Å²) in [5.74, 6) is 0.129. The number of nitrogens with zero attached hydrogens (tertiary/aromatic N) is 1. The number of hydrogen-bond acceptors (Lipinski definition) is 3. The van der Waals surface area contributed by atoms with Gasteiger partial charge in [0.15, 0.2) is 0 Å². The van der Waals surface area contributed by atoms with E-state index in [-0.39, 0.29) is 11.9 Å². The third kappa shape index (κ3) is 4.32. The van der Waals surface area contributed by atoms with Gasteiger partial charge in [0, 0.05) is 13.1 Å². The summed E-state index contributed by atoms with van der Waals surface area (Å²) in [7, 11) is 4.11. The molecule has 110 valence electrons. The third-order valence-corrected chi connectivity index (χ3v) is 3.68. The van der Waals surface area contributed by atoms with Crippen LogP contribution in [0.2, 0.25) is 0 Å². The molecular formula is C16H25N3O. The predicted octanol–water partition coefficient (Wildman–Crippen LogP) is 1.51. The fourth-order valence-corrected chi connectivity index (χ4v) is 2.61. The minimum absolute atomic E-state index is 0.00948. The Hall–Kier alpha value is -1.39. The van der Waals surface area contributed by atoms with Crippen LogP contribution in [0.4, 0.5) is 0 Å². The zero-order valence-corrected chi connectivity index (χ0v) is 12.5. The van der Waals surface area contributed by atoms with Gasteiger partial charge >= 0.3 is 0 Å². The van der Waals surface area contributed by atoms with Crippen molar-refractivity contribution >= 4 is 5.91 Å². The Balaban J connectivity index is 1.91. The fourth-order valence-electron chi connectivity index (χ4n) is 2.61. The van der Waals surface area contributed by atoms with E-state index in [0.717, 1.165) is 25.9 Å². The van der Waals surface area contributed by atoms with Crippen molar-refractivity contribution in [2.45, 2.75) is 38.4 Å². The zero-order chi connectivity index (χ0) is 14.4. The normalized spacial score (nSPS) is 19.1. The van der Waals surface area contributed by atoms with E-state index in [2.05, 4.69) is 41.8 Å². The summed E-state index contributed by atoms with van der Waals surface area (Å²) in [6.45, 7) is 2.46. The summed E-state index contributed by atoms with van der Waals surface area (Å²) in [4.78, 5) is 14.3. The van der Waals surface area contributed by atoms with E-state index >= 15 is 0 Å². The van der Waals surface area contributed by atoms with Gasteiger partial charge in [-0.05, 0) is 44.6 Å². The Morgan fingerprint density at radius 1 is 1.30 bits per heavy atom. The summed E-state index contributed by atoms with van der Waals surface area (Å²) in [6, 6.07) is 8.28. The molecule has 1 heterocycles. The average molecular weight is 275 g/mol. The van der Waals surface area contributed by atoms with Crippen LogP contribution in [0.15, 0.2) is 24.3 Å². The molecule has 1 aliphatic heterocycles. The summed E-state index contributed by atoms with van der Waals surface area (Å²) in [6.07, 6.45) is 3.27. The first kappa shape index (κ1) is 15.0. The molecule has 4 heteroatoms. The van der Waals surface area contributed by atoms with Crippen molar-refractivity contribution in [1.82, 2.24) is 15.5 Å². The van der Waals surface area contributed by atoms with Gasteiger partial charge < -0.3 is 15.5 Å².